The summed E-state index contributed by atoms with van der Waals surface area (Å²) in [6, 6.07) is 2.79. The quantitative estimate of drug-likeness (QED) is 0.728. The first kappa shape index (κ1) is 12.1. The van der Waals surface area contributed by atoms with Crippen LogP contribution in [0.25, 0.3) is 0 Å². The van der Waals surface area contributed by atoms with Crippen LogP contribution in [0.3, 0.4) is 0 Å². The minimum absolute atomic E-state index is 0.0821. The van der Waals surface area contributed by atoms with Crippen molar-refractivity contribution >= 4 is 16.1 Å². The number of nitrogens with two attached hydrogens (primary N) is 1. The lowest BCUT2D eigenvalue weighted by Crippen LogP contribution is -2.60. The molecule has 2 heterocycles. The summed E-state index contributed by atoms with van der Waals surface area (Å²) >= 11 is 0. The van der Waals surface area contributed by atoms with Gasteiger partial charge in [0.2, 0.25) is 0 Å². The molecule has 2 rings (SSSR count). The lowest BCUT2D eigenvalue weighted by molar-refractivity contribution is -0.0524. The van der Waals surface area contributed by atoms with E-state index in [-0.39, 0.29) is 5.69 Å². The lowest BCUT2D eigenvalue weighted by Gasteiger charge is -2.38. The molecule has 3 N–H and O–H groups in total. The molecule has 94 valence electrons. The van der Waals surface area contributed by atoms with Crippen LogP contribution in [0.2, 0.25) is 0 Å². The van der Waals surface area contributed by atoms with Gasteiger partial charge in [-0.25, -0.2) is 3.97 Å². The van der Waals surface area contributed by atoms with Crippen molar-refractivity contribution < 1.29 is 17.9 Å². The molecular weight excluding hydrogens is 246 g/mol. The number of rotatable bonds is 4. The Morgan fingerprint density at radius 3 is 2.71 bits per heavy atom. The Morgan fingerprint density at radius 2 is 2.24 bits per heavy atom. The fourth-order valence-electron chi connectivity index (χ4n) is 1.59. The van der Waals surface area contributed by atoms with E-state index in [0.29, 0.717) is 13.2 Å². The number of primary amides is 1. The molecule has 0 saturated carbocycles. The Morgan fingerprint density at radius 1 is 1.59 bits per heavy atom. The van der Waals surface area contributed by atoms with Gasteiger partial charge in [0.15, 0.2) is 0 Å². The van der Waals surface area contributed by atoms with E-state index in [1.165, 1.54) is 18.3 Å². The van der Waals surface area contributed by atoms with Crippen molar-refractivity contribution in [2.45, 2.75) is 12.5 Å². The molecular formula is C9H13N3O4S. The standard InChI is InChI=1S/C9H13N3O4S/c1-9(5-16-6-9)11-17(14,15)12-4-2-3-7(12)8(10)13/h2-4,11H,5-6H2,1H3,(H2,10,13). The zero-order valence-corrected chi connectivity index (χ0v) is 10.0. The highest BCUT2D eigenvalue weighted by Crippen LogP contribution is 2.18. The van der Waals surface area contributed by atoms with Gasteiger partial charge in [0.1, 0.15) is 5.69 Å². The van der Waals surface area contributed by atoms with Gasteiger partial charge in [-0.1, -0.05) is 0 Å². The Kier molecular flexibility index (Phi) is 2.72. The molecule has 7 nitrogen and oxygen atoms in total. The summed E-state index contributed by atoms with van der Waals surface area (Å²) in [5.41, 5.74) is 4.38. The van der Waals surface area contributed by atoms with E-state index in [1.807, 2.05) is 0 Å². The molecule has 0 unspecified atom stereocenters. The molecule has 1 aliphatic heterocycles. The van der Waals surface area contributed by atoms with Gasteiger partial charge in [-0.2, -0.15) is 13.1 Å². The predicted octanol–water partition coefficient (Wildman–Crippen LogP) is -0.942. The second kappa shape index (κ2) is 3.83. The minimum atomic E-state index is -3.83. The van der Waals surface area contributed by atoms with Crippen molar-refractivity contribution in [1.29, 1.82) is 0 Å². The Hall–Kier alpha value is -1.38. The third kappa shape index (κ3) is 2.19. The number of hydrogen-bond donors (Lipinski definition) is 2. The Balaban J connectivity index is 2.31. The first-order chi connectivity index (χ1) is 7.84. The van der Waals surface area contributed by atoms with Gasteiger partial charge in [0.25, 0.3) is 5.91 Å². The van der Waals surface area contributed by atoms with Gasteiger partial charge in [0.05, 0.1) is 18.8 Å². The lowest BCUT2D eigenvalue weighted by atomic mass is 10.0. The maximum atomic E-state index is 12.0. The first-order valence-electron chi connectivity index (χ1n) is 4.93. The Labute approximate surface area is 98.7 Å². The van der Waals surface area contributed by atoms with Crippen LogP contribution in [0.4, 0.5) is 0 Å². The average molecular weight is 259 g/mol. The number of amides is 1. The van der Waals surface area contributed by atoms with Crippen molar-refractivity contribution in [3.8, 4) is 0 Å². The number of nitrogens with one attached hydrogen (secondary N) is 1. The van der Waals surface area contributed by atoms with E-state index in [2.05, 4.69) is 4.72 Å². The molecule has 0 radical (unpaired) electrons. The maximum Gasteiger partial charge on any atom is 0.306 e. The molecule has 0 aliphatic carbocycles. The van der Waals surface area contributed by atoms with Crippen LogP contribution in [-0.2, 0) is 14.9 Å². The van der Waals surface area contributed by atoms with Crippen molar-refractivity contribution in [3.05, 3.63) is 24.0 Å². The van der Waals surface area contributed by atoms with Crippen LogP contribution in [0.15, 0.2) is 18.3 Å². The van der Waals surface area contributed by atoms with Crippen molar-refractivity contribution in [3.63, 3.8) is 0 Å². The molecule has 17 heavy (non-hydrogen) atoms. The van der Waals surface area contributed by atoms with Crippen molar-refractivity contribution in [1.82, 2.24) is 8.69 Å². The van der Waals surface area contributed by atoms with Crippen LogP contribution in [0.5, 0.6) is 0 Å². The fraction of sp³-hybridized carbons (Fsp3) is 0.444. The topological polar surface area (TPSA) is 103 Å². The normalized spacial score (nSPS) is 18.6. The second-order valence-corrected chi connectivity index (χ2v) is 5.76. The van der Waals surface area contributed by atoms with E-state index < -0.39 is 21.7 Å². The SMILES string of the molecule is CC1(NS(=O)(=O)n2cccc2C(N)=O)COC1. The largest absolute Gasteiger partial charge is 0.377 e. The van der Waals surface area contributed by atoms with Crippen LogP contribution < -0.4 is 10.5 Å². The van der Waals surface area contributed by atoms with Crippen molar-refractivity contribution in [2.24, 2.45) is 5.73 Å². The van der Waals surface area contributed by atoms with E-state index in [1.54, 1.807) is 6.92 Å². The summed E-state index contributed by atoms with van der Waals surface area (Å²) in [6.07, 6.45) is 1.27. The highest BCUT2D eigenvalue weighted by atomic mass is 32.2. The highest BCUT2D eigenvalue weighted by molar-refractivity contribution is 7.88. The molecule has 0 atom stereocenters. The van der Waals surface area contributed by atoms with Crippen LogP contribution in [0.1, 0.15) is 17.4 Å². The number of carbonyl (C=O) groups is 1. The predicted molar refractivity (Wildman–Crippen MR) is 59.6 cm³/mol. The van der Waals surface area contributed by atoms with Gasteiger partial charge in [0, 0.05) is 6.20 Å². The van der Waals surface area contributed by atoms with Crippen LogP contribution in [0, 0.1) is 0 Å². The smallest absolute Gasteiger partial charge is 0.306 e. The fourth-order valence-corrected chi connectivity index (χ4v) is 3.07. The van der Waals surface area contributed by atoms with Gasteiger partial charge in [-0.05, 0) is 19.1 Å². The van der Waals surface area contributed by atoms with Gasteiger partial charge >= 0.3 is 10.2 Å². The molecule has 1 fully saturated rings. The maximum absolute atomic E-state index is 12.0. The molecule has 0 aromatic carbocycles. The molecule has 1 amide bonds. The molecule has 8 heteroatoms. The molecule has 1 aliphatic rings. The number of aromatic nitrogens is 1. The van der Waals surface area contributed by atoms with E-state index >= 15 is 0 Å². The third-order valence-corrected chi connectivity index (χ3v) is 4.03. The van der Waals surface area contributed by atoms with E-state index in [0.717, 1.165) is 3.97 Å². The molecule has 1 saturated heterocycles. The van der Waals surface area contributed by atoms with Gasteiger partial charge < -0.3 is 10.5 Å². The molecule has 0 bridgehead atoms. The summed E-state index contributed by atoms with van der Waals surface area (Å²) < 4.78 is 32.3. The number of carbonyl (C=O) groups excluding carboxylic acids is 1. The summed E-state index contributed by atoms with van der Waals surface area (Å²) in [5.74, 6) is -0.796. The number of nitrogens with zero attached hydrogens (tertiary/aromatic N) is 1. The van der Waals surface area contributed by atoms with Crippen molar-refractivity contribution in [2.75, 3.05) is 13.2 Å². The third-order valence-electron chi connectivity index (χ3n) is 2.44. The Bertz CT molecular complexity index is 544. The monoisotopic (exact) mass is 259 g/mol. The van der Waals surface area contributed by atoms with Gasteiger partial charge in [-0.15, -0.1) is 0 Å². The second-order valence-electron chi connectivity index (χ2n) is 4.21. The summed E-state index contributed by atoms with van der Waals surface area (Å²) in [7, 11) is -3.83. The highest BCUT2D eigenvalue weighted by Gasteiger charge is 2.38. The molecule has 1 aromatic rings. The van der Waals surface area contributed by atoms with E-state index in [9.17, 15) is 13.2 Å². The number of ether oxygens (including phenoxy) is 1. The minimum Gasteiger partial charge on any atom is -0.377 e. The van der Waals surface area contributed by atoms with E-state index in [4.69, 9.17) is 10.5 Å². The zero-order chi connectivity index (χ0) is 12.7. The average Bonchev–Trinajstić information content (AvgIpc) is 2.63. The molecule has 0 spiro atoms. The summed E-state index contributed by atoms with van der Waals surface area (Å²) in [6.45, 7) is 2.33. The molecule has 1 aromatic heterocycles. The summed E-state index contributed by atoms with van der Waals surface area (Å²) in [4.78, 5) is 11.1. The van der Waals surface area contributed by atoms with Crippen LogP contribution in [-0.4, -0.2) is 37.1 Å². The summed E-state index contributed by atoms with van der Waals surface area (Å²) in [5, 5.41) is 0. The van der Waals surface area contributed by atoms with Gasteiger partial charge in [-0.3, -0.25) is 4.79 Å². The van der Waals surface area contributed by atoms with Crippen LogP contribution >= 0.6 is 0 Å². The number of hydrogen-bond acceptors (Lipinski definition) is 4. The first-order valence-corrected chi connectivity index (χ1v) is 6.37. The zero-order valence-electron chi connectivity index (χ0n) is 9.21.